The predicted octanol–water partition coefficient (Wildman–Crippen LogP) is 2.81. The third-order valence-corrected chi connectivity index (χ3v) is 3.56. The van der Waals surface area contributed by atoms with Gasteiger partial charge in [-0.25, -0.2) is 4.39 Å². The van der Waals surface area contributed by atoms with E-state index in [2.05, 4.69) is 0 Å². The molecule has 1 unspecified atom stereocenters. The number of nitrogens with two attached hydrogens (primary N) is 1. The second-order valence-corrected chi connectivity index (χ2v) is 4.93. The minimum atomic E-state index is -0.421. The zero-order chi connectivity index (χ0) is 13.1. The Balaban J connectivity index is 2.26. The molecule has 18 heavy (non-hydrogen) atoms. The first-order valence-corrected chi connectivity index (χ1v) is 6.45. The highest BCUT2D eigenvalue weighted by molar-refractivity contribution is 5.99. The van der Waals surface area contributed by atoms with Crippen LogP contribution in [0.1, 0.15) is 43.0 Å². The van der Waals surface area contributed by atoms with Crippen LogP contribution in [0.3, 0.4) is 0 Å². The van der Waals surface area contributed by atoms with Crippen molar-refractivity contribution in [2.24, 2.45) is 0 Å². The Morgan fingerprint density at radius 1 is 1.39 bits per heavy atom. The lowest BCUT2D eigenvalue weighted by Crippen LogP contribution is -2.38. The molecule has 1 saturated heterocycles. The fourth-order valence-corrected chi connectivity index (χ4v) is 2.45. The molecule has 0 bridgehead atoms. The molecule has 1 aliphatic heterocycles. The standard InChI is InChI=1S/C14H19FN2O/c1-10-5-3-2-4-8-17(10)14(18)12-9-11(15)6-7-13(12)16/h6-7,9-10H,2-5,8,16H2,1H3. The Kier molecular flexibility index (Phi) is 3.84. The summed E-state index contributed by atoms with van der Waals surface area (Å²) in [6, 6.07) is 4.15. The molecule has 0 aliphatic carbocycles. The molecule has 3 nitrogen and oxygen atoms in total. The minimum Gasteiger partial charge on any atom is -0.398 e. The number of hydrogen-bond donors (Lipinski definition) is 1. The van der Waals surface area contributed by atoms with E-state index in [1.807, 2.05) is 11.8 Å². The third kappa shape index (κ3) is 2.63. The Hall–Kier alpha value is -1.58. The van der Waals surface area contributed by atoms with Gasteiger partial charge in [0, 0.05) is 18.3 Å². The summed E-state index contributed by atoms with van der Waals surface area (Å²) in [7, 11) is 0. The topological polar surface area (TPSA) is 46.3 Å². The van der Waals surface area contributed by atoms with Gasteiger partial charge in [-0.3, -0.25) is 4.79 Å². The number of rotatable bonds is 1. The summed E-state index contributed by atoms with van der Waals surface area (Å²) in [6.45, 7) is 2.77. The van der Waals surface area contributed by atoms with Crippen LogP contribution < -0.4 is 5.73 Å². The highest BCUT2D eigenvalue weighted by Gasteiger charge is 2.24. The van der Waals surface area contributed by atoms with Crippen molar-refractivity contribution in [3.8, 4) is 0 Å². The molecular weight excluding hydrogens is 231 g/mol. The van der Waals surface area contributed by atoms with Gasteiger partial charge in [0.15, 0.2) is 0 Å². The number of carbonyl (C=O) groups excluding carboxylic acids is 1. The number of benzene rings is 1. The molecule has 0 saturated carbocycles. The van der Waals surface area contributed by atoms with E-state index in [0.29, 0.717) is 5.69 Å². The first-order valence-electron chi connectivity index (χ1n) is 6.45. The number of likely N-dealkylation sites (tertiary alicyclic amines) is 1. The van der Waals surface area contributed by atoms with Gasteiger partial charge in [0.05, 0.1) is 5.56 Å². The normalized spacial score (nSPS) is 20.6. The molecule has 1 aromatic carbocycles. The zero-order valence-corrected chi connectivity index (χ0v) is 10.7. The number of halogens is 1. The van der Waals surface area contributed by atoms with Crippen molar-refractivity contribution in [2.75, 3.05) is 12.3 Å². The fourth-order valence-electron chi connectivity index (χ4n) is 2.45. The van der Waals surface area contributed by atoms with E-state index in [0.717, 1.165) is 32.2 Å². The maximum Gasteiger partial charge on any atom is 0.256 e. The molecule has 1 aliphatic rings. The molecule has 2 rings (SSSR count). The first kappa shape index (κ1) is 12.9. The van der Waals surface area contributed by atoms with Crippen LogP contribution in [0, 0.1) is 5.82 Å². The summed E-state index contributed by atoms with van der Waals surface area (Å²) in [4.78, 5) is 14.2. The van der Waals surface area contributed by atoms with Crippen molar-refractivity contribution in [1.82, 2.24) is 4.90 Å². The molecule has 98 valence electrons. The van der Waals surface area contributed by atoms with Gasteiger partial charge in [-0.15, -0.1) is 0 Å². The maximum atomic E-state index is 13.2. The summed E-state index contributed by atoms with van der Waals surface area (Å²) in [5.41, 5.74) is 6.39. The first-order chi connectivity index (χ1) is 8.59. The Labute approximate surface area is 107 Å². The van der Waals surface area contributed by atoms with Crippen molar-refractivity contribution < 1.29 is 9.18 Å². The molecule has 1 aromatic rings. The average molecular weight is 250 g/mol. The van der Waals surface area contributed by atoms with Crippen LogP contribution in [0.4, 0.5) is 10.1 Å². The van der Waals surface area contributed by atoms with Gasteiger partial charge in [0.1, 0.15) is 5.82 Å². The van der Waals surface area contributed by atoms with E-state index in [-0.39, 0.29) is 17.5 Å². The van der Waals surface area contributed by atoms with E-state index in [1.165, 1.54) is 18.2 Å². The lowest BCUT2D eigenvalue weighted by Gasteiger charge is -2.27. The second kappa shape index (κ2) is 5.38. The third-order valence-electron chi connectivity index (χ3n) is 3.56. The van der Waals surface area contributed by atoms with Crippen LogP contribution in [0.2, 0.25) is 0 Å². The van der Waals surface area contributed by atoms with Crippen molar-refractivity contribution in [2.45, 2.75) is 38.6 Å². The molecule has 4 heteroatoms. The highest BCUT2D eigenvalue weighted by atomic mass is 19.1. The largest absolute Gasteiger partial charge is 0.398 e. The summed E-state index contributed by atoms with van der Waals surface area (Å²) >= 11 is 0. The fraction of sp³-hybridized carbons (Fsp3) is 0.500. The van der Waals surface area contributed by atoms with Gasteiger partial charge >= 0.3 is 0 Å². The van der Waals surface area contributed by atoms with Crippen molar-refractivity contribution >= 4 is 11.6 Å². The van der Waals surface area contributed by atoms with Gasteiger partial charge in [0.2, 0.25) is 0 Å². The summed E-state index contributed by atoms with van der Waals surface area (Å²) in [5, 5.41) is 0. The molecule has 0 radical (unpaired) electrons. The van der Waals surface area contributed by atoms with Gasteiger partial charge in [-0.2, -0.15) is 0 Å². The number of carbonyl (C=O) groups is 1. The molecular formula is C14H19FN2O. The van der Waals surface area contributed by atoms with Gasteiger partial charge in [-0.05, 0) is 38.0 Å². The molecule has 0 spiro atoms. The average Bonchev–Trinajstić information content (AvgIpc) is 2.56. The lowest BCUT2D eigenvalue weighted by molar-refractivity contribution is 0.0698. The van der Waals surface area contributed by atoms with Crippen LogP contribution in [-0.4, -0.2) is 23.4 Å². The molecule has 0 aromatic heterocycles. The Morgan fingerprint density at radius 2 is 2.17 bits per heavy atom. The second-order valence-electron chi connectivity index (χ2n) is 4.93. The van der Waals surface area contributed by atoms with Crippen molar-refractivity contribution in [1.29, 1.82) is 0 Å². The number of anilines is 1. The van der Waals surface area contributed by atoms with Crippen LogP contribution in [0.5, 0.6) is 0 Å². The number of hydrogen-bond acceptors (Lipinski definition) is 2. The van der Waals surface area contributed by atoms with E-state index in [9.17, 15) is 9.18 Å². The lowest BCUT2D eigenvalue weighted by atomic mass is 10.1. The smallest absolute Gasteiger partial charge is 0.256 e. The predicted molar refractivity (Wildman–Crippen MR) is 69.8 cm³/mol. The van der Waals surface area contributed by atoms with Crippen LogP contribution >= 0.6 is 0 Å². The molecule has 1 fully saturated rings. The van der Waals surface area contributed by atoms with Crippen LogP contribution in [0.15, 0.2) is 18.2 Å². The van der Waals surface area contributed by atoms with Crippen molar-refractivity contribution in [3.05, 3.63) is 29.6 Å². The van der Waals surface area contributed by atoms with Crippen LogP contribution in [-0.2, 0) is 0 Å². The molecule has 1 amide bonds. The highest BCUT2D eigenvalue weighted by Crippen LogP contribution is 2.22. The number of nitrogens with zero attached hydrogens (tertiary/aromatic N) is 1. The molecule has 2 N–H and O–H groups in total. The van der Waals surface area contributed by atoms with E-state index in [4.69, 9.17) is 5.73 Å². The molecule has 1 heterocycles. The van der Waals surface area contributed by atoms with Gasteiger partial charge in [0.25, 0.3) is 5.91 Å². The number of nitrogen functional groups attached to an aromatic ring is 1. The van der Waals surface area contributed by atoms with Crippen molar-refractivity contribution in [3.63, 3.8) is 0 Å². The van der Waals surface area contributed by atoms with Gasteiger partial charge in [-0.1, -0.05) is 12.8 Å². The SMILES string of the molecule is CC1CCCCCN1C(=O)c1cc(F)ccc1N. The minimum absolute atomic E-state index is 0.151. The van der Waals surface area contributed by atoms with Crippen LogP contribution in [0.25, 0.3) is 0 Å². The zero-order valence-electron chi connectivity index (χ0n) is 10.7. The number of amides is 1. The van der Waals surface area contributed by atoms with E-state index < -0.39 is 5.82 Å². The quantitative estimate of drug-likeness (QED) is 0.779. The summed E-state index contributed by atoms with van der Waals surface area (Å²) < 4.78 is 13.2. The summed E-state index contributed by atoms with van der Waals surface area (Å²) in [5.74, 6) is -0.573. The maximum absolute atomic E-state index is 13.2. The molecule has 1 atom stereocenters. The van der Waals surface area contributed by atoms with E-state index >= 15 is 0 Å². The Bertz CT molecular complexity index is 447. The summed E-state index contributed by atoms with van der Waals surface area (Å²) in [6.07, 6.45) is 4.29. The Morgan fingerprint density at radius 3 is 2.94 bits per heavy atom. The van der Waals surface area contributed by atoms with Gasteiger partial charge < -0.3 is 10.6 Å². The monoisotopic (exact) mass is 250 g/mol. The van der Waals surface area contributed by atoms with E-state index in [1.54, 1.807) is 0 Å².